The molecule has 9 heteroatoms. The minimum absolute atomic E-state index is 0.0702. The zero-order valence-electron chi connectivity index (χ0n) is 21.6. The van der Waals surface area contributed by atoms with Crippen molar-refractivity contribution in [1.82, 2.24) is 9.21 Å². The van der Waals surface area contributed by atoms with Gasteiger partial charge in [-0.1, -0.05) is 41.9 Å². The van der Waals surface area contributed by atoms with Gasteiger partial charge in [0.05, 0.1) is 11.5 Å². The largest absolute Gasteiger partial charge is 0.493 e. The van der Waals surface area contributed by atoms with Gasteiger partial charge in [0.15, 0.2) is 0 Å². The third-order valence-corrected chi connectivity index (χ3v) is 9.21. The fraction of sp³-hybridized carbons (Fsp3) is 0.345. The molecule has 6 nitrogen and oxygen atoms in total. The highest BCUT2D eigenvalue weighted by molar-refractivity contribution is 7.89. The van der Waals surface area contributed by atoms with Crippen molar-refractivity contribution in [3.05, 3.63) is 94.8 Å². The average Bonchev–Trinajstić information content (AvgIpc) is 2.89. The minimum atomic E-state index is -3.90. The summed E-state index contributed by atoms with van der Waals surface area (Å²) in [7, 11) is -2.15. The van der Waals surface area contributed by atoms with E-state index < -0.39 is 21.3 Å². The Labute approximate surface area is 229 Å². The van der Waals surface area contributed by atoms with E-state index in [1.807, 2.05) is 30.3 Å². The van der Waals surface area contributed by atoms with E-state index in [4.69, 9.17) is 16.3 Å². The van der Waals surface area contributed by atoms with E-state index >= 15 is 0 Å². The molecule has 1 atom stereocenters. The normalized spacial score (nSPS) is 18.2. The van der Waals surface area contributed by atoms with Crippen LogP contribution in [0.3, 0.4) is 0 Å². The first-order valence-electron chi connectivity index (χ1n) is 12.5. The van der Waals surface area contributed by atoms with Crippen LogP contribution in [-0.4, -0.2) is 50.3 Å². The van der Waals surface area contributed by atoms with Crippen molar-refractivity contribution in [2.45, 2.75) is 37.6 Å². The summed E-state index contributed by atoms with van der Waals surface area (Å²) in [6.07, 6.45) is 1.32. The summed E-state index contributed by atoms with van der Waals surface area (Å²) >= 11 is 6.01. The van der Waals surface area contributed by atoms with Gasteiger partial charge in [-0.05, 0) is 73.4 Å². The van der Waals surface area contributed by atoms with Crippen LogP contribution >= 0.6 is 11.6 Å². The molecule has 0 saturated carbocycles. The van der Waals surface area contributed by atoms with E-state index in [0.29, 0.717) is 42.3 Å². The van der Waals surface area contributed by atoms with Crippen molar-refractivity contribution in [2.24, 2.45) is 5.41 Å². The van der Waals surface area contributed by atoms with E-state index in [9.17, 15) is 17.6 Å². The van der Waals surface area contributed by atoms with Gasteiger partial charge in [-0.15, -0.1) is 0 Å². The standard InChI is InChI=1S/C29H32ClFN2O4S/c1-22-17-25(31)11-14-27(22)38(35,36)33-16-6-15-29(20-33,21-37-26-12-9-24(30)10-13-26)18-28(34)32(2)19-23-7-4-3-5-8-23/h3-5,7-14,17H,6,15-16,18-21H2,1-2H3/t29-/m1/s1. The lowest BCUT2D eigenvalue weighted by Crippen LogP contribution is -2.50. The molecule has 1 aliphatic heterocycles. The van der Waals surface area contributed by atoms with Gasteiger partial charge in [0.1, 0.15) is 11.6 Å². The quantitative estimate of drug-likeness (QED) is 0.338. The van der Waals surface area contributed by atoms with Crippen molar-refractivity contribution >= 4 is 27.5 Å². The van der Waals surface area contributed by atoms with Crippen molar-refractivity contribution in [3.8, 4) is 5.75 Å². The van der Waals surface area contributed by atoms with Crippen LogP contribution in [0.4, 0.5) is 4.39 Å². The van der Waals surface area contributed by atoms with E-state index in [2.05, 4.69) is 0 Å². The molecule has 38 heavy (non-hydrogen) atoms. The highest BCUT2D eigenvalue weighted by Crippen LogP contribution is 2.38. The van der Waals surface area contributed by atoms with Crippen LogP contribution in [0.1, 0.15) is 30.4 Å². The number of nitrogens with zero attached hydrogens (tertiary/aromatic N) is 2. The molecule has 0 bridgehead atoms. The van der Waals surface area contributed by atoms with Crippen LogP contribution in [0.5, 0.6) is 5.75 Å². The number of ether oxygens (including phenoxy) is 1. The van der Waals surface area contributed by atoms with E-state index in [1.165, 1.54) is 16.4 Å². The number of rotatable bonds is 9. The molecule has 0 unspecified atom stereocenters. The fourth-order valence-electron chi connectivity index (χ4n) is 4.89. The number of carbonyl (C=O) groups is 1. The Hall–Kier alpha value is -2.94. The summed E-state index contributed by atoms with van der Waals surface area (Å²) in [4.78, 5) is 15.2. The summed E-state index contributed by atoms with van der Waals surface area (Å²) in [6.45, 7) is 2.62. The molecule has 1 heterocycles. The summed E-state index contributed by atoms with van der Waals surface area (Å²) in [6, 6.07) is 20.3. The number of benzene rings is 3. The van der Waals surface area contributed by atoms with Crippen molar-refractivity contribution in [3.63, 3.8) is 0 Å². The monoisotopic (exact) mass is 558 g/mol. The number of hydrogen-bond donors (Lipinski definition) is 0. The Bertz CT molecular complexity index is 1370. The number of amides is 1. The summed E-state index contributed by atoms with van der Waals surface area (Å²) in [5, 5.41) is 0.578. The summed E-state index contributed by atoms with van der Waals surface area (Å²) in [5.74, 6) is 0.0110. The number of carbonyl (C=O) groups excluding carboxylic acids is 1. The maximum absolute atomic E-state index is 13.7. The third kappa shape index (κ3) is 6.73. The van der Waals surface area contributed by atoms with Crippen LogP contribution in [0.2, 0.25) is 5.02 Å². The second kappa shape index (κ2) is 11.8. The molecule has 0 radical (unpaired) electrons. The Morgan fingerprint density at radius 2 is 1.82 bits per heavy atom. The molecule has 0 N–H and O–H groups in total. The Balaban J connectivity index is 1.59. The van der Waals surface area contributed by atoms with E-state index in [1.54, 1.807) is 43.1 Å². The smallest absolute Gasteiger partial charge is 0.243 e. The molecule has 0 aliphatic carbocycles. The first-order chi connectivity index (χ1) is 18.1. The van der Waals surface area contributed by atoms with Crippen molar-refractivity contribution in [2.75, 3.05) is 26.7 Å². The molecule has 3 aromatic rings. The van der Waals surface area contributed by atoms with Crippen LogP contribution < -0.4 is 4.74 Å². The van der Waals surface area contributed by atoms with Gasteiger partial charge in [0.2, 0.25) is 15.9 Å². The zero-order valence-corrected chi connectivity index (χ0v) is 23.1. The van der Waals surface area contributed by atoms with Crippen LogP contribution in [0.15, 0.2) is 77.7 Å². The molecular weight excluding hydrogens is 527 g/mol. The number of hydrogen-bond acceptors (Lipinski definition) is 4. The first kappa shape index (κ1) is 28.1. The maximum atomic E-state index is 13.7. The van der Waals surface area contributed by atoms with E-state index in [0.717, 1.165) is 11.6 Å². The Morgan fingerprint density at radius 3 is 2.50 bits per heavy atom. The van der Waals surface area contributed by atoms with Crippen LogP contribution in [-0.2, 0) is 21.4 Å². The topological polar surface area (TPSA) is 66.9 Å². The van der Waals surface area contributed by atoms with Gasteiger partial charge in [0.25, 0.3) is 0 Å². The minimum Gasteiger partial charge on any atom is -0.493 e. The summed E-state index contributed by atoms with van der Waals surface area (Å²) < 4.78 is 48.5. The molecule has 0 aromatic heterocycles. The maximum Gasteiger partial charge on any atom is 0.243 e. The fourth-order valence-corrected chi connectivity index (χ4v) is 6.81. The van der Waals surface area contributed by atoms with Gasteiger partial charge in [-0.3, -0.25) is 4.79 Å². The Morgan fingerprint density at radius 1 is 1.11 bits per heavy atom. The number of piperidine rings is 1. The molecule has 4 rings (SSSR count). The predicted octanol–water partition coefficient (Wildman–Crippen LogP) is 5.69. The molecule has 1 fully saturated rings. The molecular formula is C29H32ClFN2O4S. The Kier molecular flexibility index (Phi) is 8.75. The predicted molar refractivity (Wildman–Crippen MR) is 146 cm³/mol. The highest BCUT2D eigenvalue weighted by Gasteiger charge is 2.43. The number of halogens is 2. The molecule has 1 saturated heterocycles. The molecule has 202 valence electrons. The highest BCUT2D eigenvalue weighted by atomic mass is 35.5. The molecule has 0 spiro atoms. The van der Waals surface area contributed by atoms with Gasteiger partial charge in [0, 0.05) is 43.5 Å². The lowest BCUT2D eigenvalue weighted by atomic mass is 9.78. The van der Waals surface area contributed by atoms with Crippen molar-refractivity contribution < 1.29 is 22.3 Å². The second-order valence-corrected chi connectivity index (χ2v) is 12.3. The average molecular weight is 559 g/mol. The van der Waals surface area contributed by atoms with Gasteiger partial charge < -0.3 is 9.64 Å². The summed E-state index contributed by atoms with van der Waals surface area (Å²) in [5.41, 5.74) is 0.604. The lowest BCUT2D eigenvalue weighted by molar-refractivity contribution is -0.134. The van der Waals surface area contributed by atoms with Gasteiger partial charge in [-0.2, -0.15) is 4.31 Å². The first-order valence-corrected chi connectivity index (χ1v) is 14.3. The number of sulfonamides is 1. The number of aryl methyl sites for hydroxylation is 1. The third-order valence-electron chi connectivity index (χ3n) is 6.95. The molecule has 1 aliphatic rings. The molecule has 3 aromatic carbocycles. The SMILES string of the molecule is Cc1cc(F)ccc1S(=O)(=O)N1CCC[C@@](COc2ccc(Cl)cc2)(CC(=O)N(C)Cc2ccccc2)C1. The second-order valence-electron chi connectivity index (χ2n) is 10.0. The zero-order chi connectivity index (χ0) is 27.3. The van der Waals surface area contributed by atoms with Gasteiger partial charge >= 0.3 is 0 Å². The van der Waals surface area contributed by atoms with Crippen molar-refractivity contribution in [1.29, 1.82) is 0 Å². The van der Waals surface area contributed by atoms with E-state index in [-0.39, 0.29) is 30.4 Å². The molecule has 1 amide bonds. The van der Waals surface area contributed by atoms with Gasteiger partial charge in [-0.25, -0.2) is 12.8 Å². The van der Waals surface area contributed by atoms with Crippen LogP contribution in [0.25, 0.3) is 0 Å². The lowest BCUT2D eigenvalue weighted by Gasteiger charge is -2.42. The van der Waals surface area contributed by atoms with Crippen LogP contribution in [0, 0.1) is 18.2 Å².